The summed E-state index contributed by atoms with van der Waals surface area (Å²) in [5.41, 5.74) is 2.87. The summed E-state index contributed by atoms with van der Waals surface area (Å²) in [6.45, 7) is 0.767. The van der Waals surface area contributed by atoms with Crippen LogP contribution in [0.2, 0.25) is 0 Å². The van der Waals surface area contributed by atoms with E-state index in [1.165, 1.54) is 0 Å². The zero-order valence-corrected chi connectivity index (χ0v) is 13.5. The highest BCUT2D eigenvalue weighted by Gasteiger charge is 2.30. The Labute approximate surface area is 136 Å². The molecular formula is C19H17NO2S. The highest BCUT2D eigenvalue weighted by atomic mass is 32.2. The predicted octanol–water partition coefficient (Wildman–Crippen LogP) is 3.93. The second-order valence-corrected chi connectivity index (χ2v) is 7.66. The maximum atomic E-state index is 13.2. The van der Waals surface area contributed by atoms with Gasteiger partial charge in [0.15, 0.2) is 0 Å². The number of aryl methyl sites for hydroxylation is 1. The van der Waals surface area contributed by atoms with E-state index in [1.807, 2.05) is 47.0 Å². The number of sulfone groups is 1. The van der Waals surface area contributed by atoms with Gasteiger partial charge in [0.2, 0.25) is 9.84 Å². The largest absolute Gasteiger partial charge is 0.335 e. The molecule has 0 atom stereocenters. The molecule has 0 spiro atoms. The smallest absolute Gasteiger partial charge is 0.222 e. The molecule has 4 rings (SSSR count). The van der Waals surface area contributed by atoms with E-state index in [0.29, 0.717) is 9.92 Å². The average Bonchev–Trinajstić information content (AvgIpc) is 3.17. The molecule has 4 heteroatoms. The van der Waals surface area contributed by atoms with Gasteiger partial charge < -0.3 is 4.57 Å². The highest BCUT2D eigenvalue weighted by molar-refractivity contribution is 7.91. The van der Waals surface area contributed by atoms with E-state index in [0.717, 1.165) is 36.2 Å². The molecule has 0 amide bonds. The summed E-state index contributed by atoms with van der Waals surface area (Å²) >= 11 is 0. The first kappa shape index (κ1) is 14.3. The third-order valence-corrected chi connectivity index (χ3v) is 6.18. The Bertz CT molecular complexity index is 942. The third kappa shape index (κ3) is 2.30. The minimum Gasteiger partial charge on any atom is -0.335 e. The topological polar surface area (TPSA) is 39.1 Å². The van der Waals surface area contributed by atoms with Gasteiger partial charge in [-0.3, -0.25) is 0 Å². The maximum absolute atomic E-state index is 13.2. The Morgan fingerprint density at radius 1 is 0.870 bits per heavy atom. The number of rotatable bonds is 3. The summed E-state index contributed by atoms with van der Waals surface area (Å²) in [4.78, 5) is 0.352. The molecule has 1 aromatic heterocycles. The van der Waals surface area contributed by atoms with E-state index in [2.05, 4.69) is 0 Å². The van der Waals surface area contributed by atoms with E-state index in [9.17, 15) is 8.42 Å². The minimum absolute atomic E-state index is 0.352. The molecule has 0 unspecified atom stereocenters. The van der Waals surface area contributed by atoms with Crippen LogP contribution < -0.4 is 0 Å². The molecule has 3 nitrogen and oxygen atoms in total. The predicted molar refractivity (Wildman–Crippen MR) is 90.1 cm³/mol. The van der Waals surface area contributed by atoms with Gasteiger partial charge in [0, 0.05) is 17.8 Å². The van der Waals surface area contributed by atoms with Crippen LogP contribution in [0, 0.1) is 0 Å². The fraction of sp³-hybridized carbons (Fsp3) is 0.158. The van der Waals surface area contributed by atoms with Gasteiger partial charge >= 0.3 is 0 Å². The normalized spacial score (nSPS) is 13.9. The van der Waals surface area contributed by atoms with Gasteiger partial charge in [0.25, 0.3) is 0 Å². The molecule has 0 saturated heterocycles. The molecule has 3 aromatic rings. The van der Waals surface area contributed by atoms with Gasteiger partial charge in [0.1, 0.15) is 5.03 Å². The van der Waals surface area contributed by atoms with E-state index in [1.54, 1.807) is 24.3 Å². The van der Waals surface area contributed by atoms with Gasteiger partial charge in [0.05, 0.1) is 4.90 Å². The van der Waals surface area contributed by atoms with Crippen LogP contribution in [0.5, 0.6) is 0 Å². The van der Waals surface area contributed by atoms with E-state index in [4.69, 9.17) is 0 Å². The van der Waals surface area contributed by atoms with E-state index in [-0.39, 0.29) is 0 Å². The zero-order valence-electron chi connectivity index (χ0n) is 12.6. The quantitative estimate of drug-likeness (QED) is 0.732. The lowest BCUT2D eigenvalue weighted by Crippen LogP contribution is -2.10. The van der Waals surface area contributed by atoms with Crippen LogP contribution in [0.4, 0.5) is 0 Å². The fourth-order valence-corrected chi connectivity index (χ4v) is 4.98. The lowest BCUT2D eigenvalue weighted by atomic mass is 10.1. The van der Waals surface area contributed by atoms with Crippen LogP contribution in [-0.4, -0.2) is 13.0 Å². The first-order chi connectivity index (χ1) is 11.2. The summed E-state index contributed by atoms with van der Waals surface area (Å²) in [5.74, 6) is 0. The number of benzene rings is 2. The molecule has 0 saturated carbocycles. The Hall–Kier alpha value is -2.33. The Morgan fingerprint density at radius 2 is 1.52 bits per heavy atom. The van der Waals surface area contributed by atoms with Crippen LogP contribution in [0.1, 0.15) is 12.1 Å². The first-order valence-corrected chi connectivity index (χ1v) is 9.24. The lowest BCUT2D eigenvalue weighted by Gasteiger charge is -2.11. The van der Waals surface area contributed by atoms with Gasteiger partial charge in [-0.1, -0.05) is 48.5 Å². The Kier molecular flexibility index (Phi) is 3.34. The van der Waals surface area contributed by atoms with Crippen molar-refractivity contribution in [3.05, 3.63) is 72.4 Å². The minimum atomic E-state index is -3.54. The molecular weight excluding hydrogens is 306 g/mol. The van der Waals surface area contributed by atoms with Crippen molar-refractivity contribution in [2.24, 2.45) is 0 Å². The van der Waals surface area contributed by atoms with Gasteiger partial charge in [-0.2, -0.15) is 0 Å². The van der Waals surface area contributed by atoms with Crippen LogP contribution >= 0.6 is 0 Å². The number of nitrogens with zero attached hydrogens (tertiary/aromatic N) is 1. The van der Waals surface area contributed by atoms with Gasteiger partial charge in [-0.05, 0) is 36.6 Å². The molecule has 116 valence electrons. The highest BCUT2D eigenvalue weighted by Crippen LogP contribution is 2.37. The lowest BCUT2D eigenvalue weighted by molar-refractivity contribution is 0.579. The third-order valence-electron chi connectivity index (χ3n) is 4.34. The Morgan fingerprint density at radius 3 is 2.22 bits per heavy atom. The first-order valence-electron chi connectivity index (χ1n) is 7.76. The fourth-order valence-electron chi connectivity index (χ4n) is 3.28. The van der Waals surface area contributed by atoms with Crippen LogP contribution in [0.15, 0.2) is 76.7 Å². The second-order valence-electron chi connectivity index (χ2n) is 5.79. The van der Waals surface area contributed by atoms with Crippen molar-refractivity contribution < 1.29 is 8.42 Å². The molecule has 2 heterocycles. The molecule has 0 fully saturated rings. The molecule has 1 aliphatic rings. The summed E-state index contributed by atoms with van der Waals surface area (Å²) in [5, 5.41) is 0.433. The number of hydrogen-bond donors (Lipinski definition) is 0. The van der Waals surface area contributed by atoms with Crippen LogP contribution in [0.25, 0.3) is 11.1 Å². The monoisotopic (exact) mass is 323 g/mol. The van der Waals surface area contributed by atoms with Gasteiger partial charge in [-0.25, -0.2) is 8.42 Å². The molecule has 1 aliphatic heterocycles. The molecule has 0 N–H and O–H groups in total. The van der Waals surface area contributed by atoms with Crippen molar-refractivity contribution in [1.29, 1.82) is 0 Å². The van der Waals surface area contributed by atoms with Crippen molar-refractivity contribution >= 4 is 9.84 Å². The standard InChI is InChI=1S/C19H17NO2S/c21-23(22,17-11-5-2-6-12-17)19-18(15-8-3-1-4-9-15)14-16-10-7-13-20(16)19/h1-6,8-9,11-12,14H,7,10,13H2. The average molecular weight is 323 g/mol. The maximum Gasteiger partial charge on any atom is 0.222 e. The van der Waals surface area contributed by atoms with Crippen molar-refractivity contribution in [2.75, 3.05) is 0 Å². The Balaban J connectivity index is 1.98. The molecule has 0 radical (unpaired) electrons. The SMILES string of the molecule is O=S(=O)(c1ccccc1)c1c(-c2ccccc2)cc2n1CCC2. The number of hydrogen-bond acceptors (Lipinski definition) is 2. The van der Waals surface area contributed by atoms with Crippen molar-refractivity contribution in [3.63, 3.8) is 0 Å². The second kappa shape index (κ2) is 5.39. The summed E-state index contributed by atoms with van der Waals surface area (Å²) in [7, 11) is -3.54. The van der Waals surface area contributed by atoms with E-state index < -0.39 is 9.84 Å². The molecule has 0 bridgehead atoms. The van der Waals surface area contributed by atoms with Crippen molar-refractivity contribution in [3.8, 4) is 11.1 Å². The van der Waals surface area contributed by atoms with Crippen molar-refractivity contribution in [2.45, 2.75) is 29.3 Å². The van der Waals surface area contributed by atoms with Crippen LogP contribution in [0.3, 0.4) is 0 Å². The summed E-state index contributed by atoms with van der Waals surface area (Å²) in [6, 6.07) is 20.5. The van der Waals surface area contributed by atoms with E-state index >= 15 is 0 Å². The number of fused-ring (bicyclic) bond motifs is 1. The zero-order chi connectivity index (χ0) is 15.9. The summed E-state index contributed by atoms with van der Waals surface area (Å²) in [6.07, 6.45) is 1.94. The number of aromatic nitrogens is 1. The van der Waals surface area contributed by atoms with Crippen molar-refractivity contribution in [1.82, 2.24) is 4.57 Å². The summed E-state index contributed by atoms with van der Waals surface area (Å²) < 4.78 is 28.4. The van der Waals surface area contributed by atoms with Crippen LogP contribution in [-0.2, 0) is 22.8 Å². The molecule has 0 aliphatic carbocycles. The molecule has 23 heavy (non-hydrogen) atoms. The van der Waals surface area contributed by atoms with Gasteiger partial charge in [-0.15, -0.1) is 0 Å². The molecule has 2 aromatic carbocycles.